The summed E-state index contributed by atoms with van der Waals surface area (Å²) in [5.74, 6) is -0.857. The summed E-state index contributed by atoms with van der Waals surface area (Å²) >= 11 is 0. The Balaban J connectivity index is 2.11. The number of nitrogens with one attached hydrogen (secondary N) is 1. The molecule has 1 amide bonds. The van der Waals surface area contributed by atoms with E-state index in [9.17, 15) is 18.7 Å². The number of nitrogens with two attached hydrogens (primary N) is 2. The summed E-state index contributed by atoms with van der Waals surface area (Å²) in [4.78, 5) is 15.7. The molecule has 1 heterocycles. The second-order valence-corrected chi connectivity index (χ2v) is 5.87. The molecule has 2 unspecified atom stereocenters. The first-order chi connectivity index (χ1) is 12.4. The lowest BCUT2D eigenvalue weighted by Crippen LogP contribution is -2.36. The Kier molecular flexibility index (Phi) is 7.05. The first-order valence-corrected chi connectivity index (χ1v) is 8.13. The second kappa shape index (κ2) is 9.25. The molecule has 1 aromatic carbocycles. The lowest BCUT2D eigenvalue weighted by atomic mass is 10.1. The van der Waals surface area contributed by atoms with Crippen molar-refractivity contribution < 1.29 is 23.4 Å². The number of aliphatic hydroxyl groups is 1. The van der Waals surface area contributed by atoms with Crippen molar-refractivity contribution in [3.05, 3.63) is 41.6 Å². The Bertz CT molecular complexity index is 671. The van der Waals surface area contributed by atoms with Crippen LogP contribution in [0.2, 0.25) is 0 Å². The first-order valence-electron chi connectivity index (χ1n) is 8.13. The fourth-order valence-electron chi connectivity index (χ4n) is 2.44. The van der Waals surface area contributed by atoms with Crippen LogP contribution in [0.1, 0.15) is 24.5 Å². The van der Waals surface area contributed by atoms with Gasteiger partial charge in [0.1, 0.15) is 11.9 Å². The van der Waals surface area contributed by atoms with E-state index >= 15 is 0 Å². The smallest absolute Gasteiger partial charge is 0.268 e. The van der Waals surface area contributed by atoms with E-state index in [2.05, 4.69) is 10.3 Å². The molecule has 0 aliphatic carbocycles. The number of alkyl halides is 2. The number of carbonyl (C=O) groups is 1. The maximum Gasteiger partial charge on any atom is 0.268 e. The summed E-state index contributed by atoms with van der Waals surface area (Å²) in [6.07, 6.45) is -1.53. The van der Waals surface area contributed by atoms with Gasteiger partial charge in [0.05, 0.1) is 17.9 Å². The monoisotopic (exact) mass is 368 g/mol. The highest BCUT2D eigenvalue weighted by molar-refractivity contribution is 6.20. The Morgan fingerprint density at radius 2 is 2.04 bits per heavy atom. The quantitative estimate of drug-likeness (QED) is 0.326. The van der Waals surface area contributed by atoms with E-state index in [4.69, 9.17) is 16.2 Å². The predicted octanol–water partition coefficient (Wildman–Crippen LogP) is 1.11. The molecule has 2 atom stereocenters. The van der Waals surface area contributed by atoms with Crippen LogP contribution in [0.25, 0.3) is 0 Å². The van der Waals surface area contributed by atoms with E-state index in [1.165, 1.54) is 30.5 Å². The number of nitrogens with zero attached hydrogens (tertiary/aromatic N) is 1. The molecular formula is C17H22F2N4O3. The van der Waals surface area contributed by atoms with Gasteiger partial charge in [-0.05, 0) is 30.5 Å². The van der Waals surface area contributed by atoms with Gasteiger partial charge in [-0.25, -0.2) is 13.8 Å². The van der Waals surface area contributed by atoms with Crippen molar-refractivity contribution in [3.63, 3.8) is 0 Å². The van der Waals surface area contributed by atoms with E-state index in [1.54, 1.807) is 0 Å². The van der Waals surface area contributed by atoms with Gasteiger partial charge in [0, 0.05) is 18.8 Å². The summed E-state index contributed by atoms with van der Waals surface area (Å²) in [5, 5.41) is 12.4. The second-order valence-electron chi connectivity index (χ2n) is 5.87. The number of primary amides is 1. The normalized spacial score (nSPS) is 20.1. The molecule has 1 fully saturated rings. The Morgan fingerprint density at radius 3 is 2.58 bits per heavy atom. The van der Waals surface area contributed by atoms with E-state index in [-0.39, 0.29) is 23.0 Å². The third-order valence-corrected chi connectivity index (χ3v) is 3.89. The van der Waals surface area contributed by atoms with Gasteiger partial charge < -0.3 is 26.6 Å². The SMILES string of the molecule is NC(=O)/C(=C/NC1CCCOC1)C(N)=Nc1ccc(C(O)C(F)F)cc1. The van der Waals surface area contributed by atoms with Crippen molar-refractivity contribution in [1.29, 1.82) is 0 Å². The average Bonchev–Trinajstić information content (AvgIpc) is 2.62. The van der Waals surface area contributed by atoms with Gasteiger partial charge in [-0.1, -0.05) is 12.1 Å². The maximum absolute atomic E-state index is 12.5. The largest absolute Gasteiger partial charge is 0.385 e. The maximum atomic E-state index is 12.5. The zero-order valence-electron chi connectivity index (χ0n) is 14.1. The van der Waals surface area contributed by atoms with Crippen LogP contribution in [-0.4, -0.2) is 42.5 Å². The van der Waals surface area contributed by atoms with Crippen molar-refractivity contribution in [2.45, 2.75) is 31.4 Å². The zero-order chi connectivity index (χ0) is 19.1. The molecule has 2 rings (SSSR count). The number of carbonyl (C=O) groups excluding carboxylic acids is 1. The fraction of sp³-hybridized carbons (Fsp3) is 0.412. The van der Waals surface area contributed by atoms with Crippen molar-refractivity contribution in [2.24, 2.45) is 16.5 Å². The number of amides is 1. The van der Waals surface area contributed by atoms with Crippen LogP contribution < -0.4 is 16.8 Å². The molecule has 1 aliphatic rings. The number of rotatable bonds is 7. The molecular weight excluding hydrogens is 346 g/mol. The third kappa shape index (κ3) is 5.50. The molecule has 1 aliphatic heterocycles. The summed E-state index contributed by atoms with van der Waals surface area (Å²) in [6.45, 7) is 1.23. The molecule has 7 nitrogen and oxygen atoms in total. The summed E-state index contributed by atoms with van der Waals surface area (Å²) in [7, 11) is 0. The summed E-state index contributed by atoms with van der Waals surface area (Å²) < 4.78 is 30.3. The minimum atomic E-state index is -2.88. The van der Waals surface area contributed by atoms with E-state index in [0.717, 1.165) is 12.8 Å². The Morgan fingerprint density at radius 1 is 1.35 bits per heavy atom. The number of aliphatic imine (C=N–C) groups is 1. The van der Waals surface area contributed by atoms with Crippen molar-refractivity contribution in [2.75, 3.05) is 13.2 Å². The van der Waals surface area contributed by atoms with Crippen molar-refractivity contribution >= 4 is 17.4 Å². The van der Waals surface area contributed by atoms with Gasteiger partial charge in [-0.2, -0.15) is 0 Å². The Labute approximate surface area is 149 Å². The number of hydrogen-bond acceptors (Lipinski definition) is 5. The fourth-order valence-corrected chi connectivity index (χ4v) is 2.44. The molecule has 0 saturated carbocycles. The highest BCUT2D eigenvalue weighted by atomic mass is 19.3. The van der Waals surface area contributed by atoms with Crippen LogP contribution in [0.15, 0.2) is 41.0 Å². The molecule has 0 radical (unpaired) electrons. The topological polar surface area (TPSA) is 123 Å². The molecule has 142 valence electrons. The highest BCUT2D eigenvalue weighted by Gasteiger charge is 2.19. The highest BCUT2D eigenvalue weighted by Crippen LogP contribution is 2.23. The third-order valence-electron chi connectivity index (χ3n) is 3.89. The summed E-state index contributed by atoms with van der Waals surface area (Å²) in [5.41, 5.74) is 11.6. The minimum absolute atomic E-state index is 0.00673. The molecule has 6 N–H and O–H groups in total. The standard InChI is InChI=1S/C17H22F2N4O3/c18-15(19)14(24)10-3-5-11(6-4-10)23-16(20)13(17(21)25)8-22-12-2-1-7-26-9-12/h3-6,8,12,14-15,22,24H,1-2,7,9H2,(H2,20,23)(H2,21,25)/b13-8+. The number of amidine groups is 1. The van der Waals surface area contributed by atoms with Gasteiger partial charge in [0.2, 0.25) is 0 Å². The lowest BCUT2D eigenvalue weighted by molar-refractivity contribution is -0.114. The van der Waals surface area contributed by atoms with E-state index < -0.39 is 18.4 Å². The van der Waals surface area contributed by atoms with Crippen LogP contribution in [0.3, 0.4) is 0 Å². The van der Waals surface area contributed by atoms with Crippen LogP contribution in [0, 0.1) is 0 Å². The van der Waals surface area contributed by atoms with Crippen molar-refractivity contribution in [1.82, 2.24) is 5.32 Å². The number of hydrogen-bond donors (Lipinski definition) is 4. The van der Waals surface area contributed by atoms with E-state index in [0.29, 0.717) is 18.9 Å². The van der Waals surface area contributed by atoms with Gasteiger partial charge in [0.25, 0.3) is 12.3 Å². The molecule has 26 heavy (non-hydrogen) atoms. The summed E-state index contributed by atoms with van der Waals surface area (Å²) in [6, 6.07) is 5.51. The van der Waals surface area contributed by atoms with Gasteiger partial charge >= 0.3 is 0 Å². The van der Waals surface area contributed by atoms with Gasteiger partial charge in [-0.3, -0.25) is 4.79 Å². The van der Waals surface area contributed by atoms with Crippen LogP contribution >= 0.6 is 0 Å². The molecule has 0 spiro atoms. The number of halogens is 2. The molecule has 1 saturated heterocycles. The van der Waals surface area contributed by atoms with E-state index in [1.807, 2.05) is 0 Å². The number of benzene rings is 1. The molecule has 0 aromatic heterocycles. The first kappa shape index (κ1) is 19.8. The van der Waals surface area contributed by atoms with Crippen molar-refractivity contribution in [3.8, 4) is 0 Å². The minimum Gasteiger partial charge on any atom is -0.385 e. The Hall–Kier alpha value is -2.52. The predicted molar refractivity (Wildman–Crippen MR) is 92.9 cm³/mol. The number of aliphatic hydroxyl groups excluding tert-OH is 1. The molecule has 0 bridgehead atoms. The van der Waals surface area contributed by atoms with Gasteiger partial charge in [-0.15, -0.1) is 0 Å². The number of ether oxygens (including phenoxy) is 1. The molecule has 9 heteroatoms. The average molecular weight is 368 g/mol. The van der Waals surface area contributed by atoms with Gasteiger partial charge in [0.15, 0.2) is 0 Å². The molecule has 1 aromatic rings. The van der Waals surface area contributed by atoms with Crippen LogP contribution in [0.5, 0.6) is 0 Å². The zero-order valence-corrected chi connectivity index (χ0v) is 14.1. The van der Waals surface area contributed by atoms with Crippen LogP contribution in [-0.2, 0) is 9.53 Å². The van der Waals surface area contributed by atoms with Crippen LogP contribution in [0.4, 0.5) is 14.5 Å². The lowest BCUT2D eigenvalue weighted by Gasteiger charge is -2.22.